The smallest absolute Gasteiger partial charge is 0.229 e. The van der Waals surface area contributed by atoms with Crippen molar-refractivity contribution in [3.05, 3.63) is 52.9 Å². The molecule has 1 aromatic heterocycles. The Hall–Kier alpha value is -3.30. The Balaban J connectivity index is 1.39. The van der Waals surface area contributed by atoms with Crippen LogP contribution < -0.4 is 26.0 Å². The van der Waals surface area contributed by atoms with Crippen LogP contribution in [0, 0.1) is 11.2 Å². The number of hydrogen-bond acceptors (Lipinski definition) is 8. The number of nitrogens with zero attached hydrogens (tertiary/aromatic N) is 3. The molecule has 1 aliphatic carbocycles. The summed E-state index contributed by atoms with van der Waals surface area (Å²) < 4.78 is 19.7. The second-order valence-electron chi connectivity index (χ2n) is 10.2. The molecule has 3 aromatic rings. The van der Waals surface area contributed by atoms with Crippen molar-refractivity contribution in [1.82, 2.24) is 9.97 Å². The van der Waals surface area contributed by atoms with Crippen molar-refractivity contribution in [3.8, 4) is 5.75 Å². The molecule has 1 saturated carbocycles. The minimum absolute atomic E-state index is 0.0659. The predicted octanol–water partition coefficient (Wildman–Crippen LogP) is 5.56. The molecule has 0 unspecified atom stereocenters. The molecule has 0 amide bonds. The highest BCUT2D eigenvalue weighted by atomic mass is 35.5. The first kappa shape index (κ1) is 24.4. The van der Waals surface area contributed by atoms with Crippen LogP contribution >= 0.6 is 11.6 Å². The van der Waals surface area contributed by atoms with E-state index in [4.69, 9.17) is 22.1 Å². The molecule has 8 nitrogen and oxygen atoms in total. The standard InChI is InChI=1S/C26H30ClFN6O2/c1-25(2,35)15-10-17(28)16(27)11-19(15)31-23-4-8-30-24(33-23)32-20-12-18(29)21(13-22(20)36-3)34-9-7-26(14-34)5-6-26/h4,8,10-13,35H,5-7,9,14,29H2,1-3H3,(H2,30,31,32,33). The number of hydrogen-bond donors (Lipinski definition) is 4. The minimum Gasteiger partial charge on any atom is -0.494 e. The van der Waals surface area contributed by atoms with Gasteiger partial charge in [-0.05, 0) is 62.8 Å². The van der Waals surface area contributed by atoms with Gasteiger partial charge in [0.25, 0.3) is 0 Å². The van der Waals surface area contributed by atoms with Gasteiger partial charge in [0.2, 0.25) is 5.95 Å². The van der Waals surface area contributed by atoms with Crippen molar-refractivity contribution in [2.24, 2.45) is 5.41 Å². The Kier molecular flexibility index (Phi) is 6.08. The van der Waals surface area contributed by atoms with E-state index < -0.39 is 11.4 Å². The van der Waals surface area contributed by atoms with E-state index in [1.807, 2.05) is 12.1 Å². The van der Waals surface area contributed by atoms with E-state index in [-0.39, 0.29) is 5.02 Å². The highest BCUT2D eigenvalue weighted by molar-refractivity contribution is 6.31. The molecule has 0 bridgehead atoms. The Morgan fingerprint density at radius 1 is 1.17 bits per heavy atom. The Labute approximate surface area is 214 Å². The molecule has 5 rings (SSSR count). The van der Waals surface area contributed by atoms with Gasteiger partial charge in [-0.1, -0.05) is 11.6 Å². The molecular formula is C26H30ClFN6O2. The van der Waals surface area contributed by atoms with E-state index in [0.717, 1.165) is 18.8 Å². The first-order chi connectivity index (χ1) is 17.1. The zero-order chi connectivity index (χ0) is 25.7. The van der Waals surface area contributed by atoms with Gasteiger partial charge in [0, 0.05) is 36.6 Å². The lowest BCUT2D eigenvalue weighted by Gasteiger charge is -2.23. The second kappa shape index (κ2) is 8.97. The summed E-state index contributed by atoms with van der Waals surface area (Å²) in [6.45, 7) is 5.17. The van der Waals surface area contributed by atoms with Gasteiger partial charge < -0.3 is 31.1 Å². The number of nitrogens with two attached hydrogens (primary N) is 1. The van der Waals surface area contributed by atoms with Crippen LogP contribution in [0.4, 0.5) is 38.9 Å². The SMILES string of the molecule is COc1cc(N2CCC3(CC3)C2)c(N)cc1Nc1nccc(Nc2cc(Cl)c(F)cc2C(C)(C)O)n1. The molecule has 0 atom stereocenters. The molecule has 2 aromatic carbocycles. The zero-order valence-corrected chi connectivity index (χ0v) is 21.3. The van der Waals surface area contributed by atoms with Gasteiger partial charge in [0.15, 0.2) is 0 Å². The Morgan fingerprint density at radius 2 is 1.94 bits per heavy atom. The summed E-state index contributed by atoms with van der Waals surface area (Å²) in [5.74, 6) is 0.754. The van der Waals surface area contributed by atoms with E-state index >= 15 is 0 Å². The van der Waals surface area contributed by atoms with Crippen LogP contribution in [-0.4, -0.2) is 35.3 Å². The van der Waals surface area contributed by atoms with Crippen molar-refractivity contribution in [2.75, 3.05) is 41.5 Å². The van der Waals surface area contributed by atoms with Gasteiger partial charge in [-0.3, -0.25) is 0 Å². The molecule has 2 heterocycles. The fourth-order valence-electron chi connectivity index (χ4n) is 4.76. The molecule has 1 aliphatic heterocycles. The quantitative estimate of drug-likeness (QED) is 0.304. The van der Waals surface area contributed by atoms with Gasteiger partial charge >= 0.3 is 0 Å². The lowest BCUT2D eigenvalue weighted by molar-refractivity contribution is 0.0790. The highest BCUT2D eigenvalue weighted by Gasteiger charge is 2.48. The van der Waals surface area contributed by atoms with Crippen LogP contribution in [0.5, 0.6) is 5.75 Å². The molecule has 10 heteroatoms. The first-order valence-electron chi connectivity index (χ1n) is 11.9. The maximum atomic E-state index is 14.1. The zero-order valence-electron chi connectivity index (χ0n) is 20.5. The van der Waals surface area contributed by atoms with E-state index in [2.05, 4.69) is 25.5 Å². The number of aliphatic hydroxyl groups is 1. The van der Waals surface area contributed by atoms with Gasteiger partial charge in [0.1, 0.15) is 17.4 Å². The number of aromatic nitrogens is 2. The fraction of sp³-hybridized carbons (Fsp3) is 0.385. The van der Waals surface area contributed by atoms with Gasteiger partial charge in [-0.15, -0.1) is 0 Å². The van der Waals surface area contributed by atoms with Crippen molar-refractivity contribution >= 4 is 46.1 Å². The van der Waals surface area contributed by atoms with Crippen molar-refractivity contribution in [1.29, 1.82) is 0 Å². The highest BCUT2D eigenvalue weighted by Crippen LogP contribution is 2.54. The van der Waals surface area contributed by atoms with Crippen LogP contribution in [0.15, 0.2) is 36.5 Å². The molecule has 36 heavy (non-hydrogen) atoms. The van der Waals surface area contributed by atoms with Crippen molar-refractivity contribution in [3.63, 3.8) is 0 Å². The van der Waals surface area contributed by atoms with Gasteiger partial charge in [0.05, 0.1) is 34.8 Å². The third kappa shape index (κ3) is 4.85. The molecular weight excluding hydrogens is 483 g/mol. The van der Waals surface area contributed by atoms with Crippen LogP contribution in [0.25, 0.3) is 0 Å². The third-order valence-electron chi connectivity index (χ3n) is 6.97. The molecule has 190 valence electrons. The van der Waals surface area contributed by atoms with Crippen LogP contribution in [0.3, 0.4) is 0 Å². The molecule has 1 spiro atoms. The maximum absolute atomic E-state index is 14.1. The minimum atomic E-state index is -1.30. The summed E-state index contributed by atoms with van der Waals surface area (Å²) in [6.07, 6.45) is 5.37. The number of nitrogens with one attached hydrogen (secondary N) is 2. The van der Waals surface area contributed by atoms with E-state index in [0.29, 0.717) is 45.6 Å². The van der Waals surface area contributed by atoms with Crippen LogP contribution in [0.2, 0.25) is 5.02 Å². The second-order valence-corrected chi connectivity index (χ2v) is 10.6. The van der Waals surface area contributed by atoms with Crippen LogP contribution in [-0.2, 0) is 5.60 Å². The van der Waals surface area contributed by atoms with Crippen molar-refractivity contribution < 1.29 is 14.2 Å². The maximum Gasteiger partial charge on any atom is 0.229 e. The molecule has 2 aliphatic rings. The molecule has 1 saturated heterocycles. The third-order valence-corrected chi connectivity index (χ3v) is 7.26. The van der Waals surface area contributed by atoms with Crippen molar-refractivity contribution in [2.45, 2.75) is 38.7 Å². The largest absolute Gasteiger partial charge is 0.494 e. The molecule has 2 fully saturated rings. The lowest BCUT2D eigenvalue weighted by Crippen LogP contribution is -2.21. The summed E-state index contributed by atoms with van der Waals surface area (Å²) in [7, 11) is 1.61. The fourth-order valence-corrected chi connectivity index (χ4v) is 4.92. The van der Waals surface area contributed by atoms with E-state index in [9.17, 15) is 9.50 Å². The Bertz CT molecular complexity index is 1310. The normalized spacial score (nSPS) is 16.3. The number of halogens is 2. The molecule has 5 N–H and O–H groups in total. The number of benzene rings is 2. The number of anilines is 6. The average Bonchev–Trinajstić information content (AvgIpc) is 3.45. The predicted molar refractivity (Wildman–Crippen MR) is 141 cm³/mol. The summed E-state index contributed by atoms with van der Waals surface area (Å²) in [4.78, 5) is 11.2. The van der Waals surface area contributed by atoms with Gasteiger partial charge in [-0.25, -0.2) is 9.37 Å². The summed E-state index contributed by atoms with van der Waals surface area (Å²) in [6, 6.07) is 8.09. The first-order valence-corrected chi connectivity index (χ1v) is 12.3. The topological polar surface area (TPSA) is 109 Å². The summed E-state index contributed by atoms with van der Waals surface area (Å²) >= 11 is 6.00. The molecule has 0 radical (unpaired) electrons. The number of rotatable bonds is 7. The Morgan fingerprint density at radius 3 is 2.61 bits per heavy atom. The monoisotopic (exact) mass is 512 g/mol. The summed E-state index contributed by atoms with van der Waals surface area (Å²) in [5, 5.41) is 16.7. The lowest BCUT2D eigenvalue weighted by atomic mass is 9.96. The average molecular weight is 513 g/mol. The number of methoxy groups -OCH3 is 1. The van der Waals surface area contributed by atoms with Gasteiger partial charge in [-0.2, -0.15) is 4.98 Å². The summed E-state index contributed by atoms with van der Waals surface area (Å²) in [5.41, 5.74) is 8.67. The number of ether oxygens (including phenoxy) is 1. The van der Waals surface area contributed by atoms with E-state index in [1.165, 1.54) is 31.4 Å². The van der Waals surface area contributed by atoms with E-state index in [1.54, 1.807) is 33.2 Å². The number of nitrogen functional groups attached to an aromatic ring is 1. The van der Waals surface area contributed by atoms with Crippen LogP contribution in [0.1, 0.15) is 38.7 Å².